The minimum Gasteiger partial charge on any atom is -0.392 e. The molecular formula is C28H52N6O. The van der Waals surface area contributed by atoms with Crippen molar-refractivity contribution in [3.63, 3.8) is 0 Å². The lowest BCUT2D eigenvalue weighted by Gasteiger charge is -2.42. The van der Waals surface area contributed by atoms with Gasteiger partial charge in [-0.2, -0.15) is 0 Å². The first kappa shape index (κ1) is 25.9. The highest BCUT2D eigenvalue weighted by Crippen LogP contribution is 2.42. The maximum Gasteiger partial charge on any atom is 0.112 e. The van der Waals surface area contributed by atoms with Crippen molar-refractivity contribution in [2.75, 3.05) is 45.8 Å². The van der Waals surface area contributed by atoms with Crippen molar-refractivity contribution in [3.8, 4) is 0 Å². The molecule has 3 saturated heterocycles. The minimum absolute atomic E-state index is 0.193. The van der Waals surface area contributed by atoms with Crippen LogP contribution in [0.25, 0.3) is 0 Å². The first-order valence-electron chi connectivity index (χ1n) is 14.9. The van der Waals surface area contributed by atoms with Crippen LogP contribution < -0.4 is 21.3 Å². The maximum atomic E-state index is 11.0. The predicted octanol–water partition coefficient (Wildman–Crippen LogP) is 2.05. The summed E-state index contributed by atoms with van der Waals surface area (Å²) in [6, 6.07) is 1.73. The summed E-state index contributed by atoms with van der Waals surface area (Å²) in [7, 11) is 0. The molecule has 0 spiro atoms. The third kappa shape index (κ3) is 6.42. The van der Waals surface area contributed by atoms with Crippen LogP contribution in [-0.4, -0.2) is 91.2 Å². The Bertz CT molecular complexity index is 693. The first-order chi connectivity index (χ1) is 17.1. The first-order valence-corrected chi connectivity index (χ1v) is 14.9. The number of aliphatic hydroxyl groups is 1. The Kier molecular flexibility index (Phi) is 9.06. The zero-order chi connectivity index (χ0) is 24.2. The normalized spacial score (nSPS) is 40.1. The van der Waals surface area contributed by atoms with Crippen molar-refractivity contribution in [1.82, 2.24) is 31.1 Å². The topological polar surface area (TPSA) is 74.8 Å². The number of piperazine rings is 1. The van der Waals surface area contributed by atoms with Gasteiger partial charge in [0.05, 0.1) is 6.10 Å². The molecule has 2 aliphatic carbocycles. The Labute approximate surface area is 213 Å². The van der Waals surface area contributed by atoms with Crippen molar-refractivity contribution >= 4 is 0 Å². The Balaban J connectivity index is 1.12. The van der Waals surface area contributed by atoms with E-state index in [9.17, 15) is 5.11 Å². The van der Waals surface area contributed by atoms with Gasteiger partial charge in [0.2, 0.25) is 0 Å². The molecule has 0 aromatic carbocycles. The molecular weight excluding hydrogens is 436 g/mol. The molecule has 7 heteroatoms. The van der Waals surface area contributed by atoms with Gasteiger partial charge in [-0.05, 0) is 76.7 Å². The molecule has 0 radical (unpaired) electrons. The van der Waals surface area contributed by atoms with Crippen molar-refractivity contribution in [2.24, 2.45) is 17.8 Å². The predicted molar refractivity (Wildman–Crippen MR) is 143 cm³/mol. The number of nitrogens with zero attached hydrogens (tertiary/aromatic N) is 2. The van der Waals surface area contributed by atoms with Crippen LogP contribution in [0.1, 0.15) is 71.6 Å². The second kappa shape index (κ2) is 12.2. The lowest BCUT2D eigenvalue weighted by Crippen LogP contribution is -2.65. The van der Waals surface area contributed by atoms with Gasteiger partial charge in [-0.1, -0.05) is 25.3 Å². The van der Waals surface area contributed by atoms with Gasteiger partial charge in [-0.15, -0.1) is 0 Å². The molecule has 4 fully saturated rings. The van der Waals surface area contributed by atoms with E-state index in [1.54, 1.807) is 5.70 Å². The lowest BCUT2D eigenvalue weighted by molar-refractivity contribution is 0.0754. The van der Waals surface area contributed by atoms with Crippen LogP contribution in [0.2, 0.25) is 0 Å². The molecule has 5 aliphatic rings. The second-order valence-electron chi connectivity index (χ2n) is 12.3. The molecule has 3 heterocycles. The van der Waals surface area contributed by atoms with E-state index in [2.05, 4.69) is 51.0 Å². The zero-order valence-electron chi connectivity index (χ0n) is 22.4. The summed E-state index contributed by atoms with van der Waals surface area (Å²) in [4.78, 5) is 5.24. The van der Waals surface area contributed by atoms with Crippen LogP contribution >= 0.6 is 0 Å². The van der Waals surface area contributed by atoms with Gasteiger partial charge in [0, 0.05) is 63.1 Å². The molecule has 7 atom stereocenters. The van der Waals surface area contributed by atoms with Crippen molar-refractivity contribution < 1.29 is 5.11 Å². The van der Waals surface area contributed by atoms with Gasteiger partial charge in [-0.25, -0.2) is 0 Å². The Morgan fingerprint density at radius 2 is 1.83 bits per heavy atom. The fourth-order valence-electron chi connectivity index (χ4n) is 7.63. The minimum atomic E-state index is -0.207. The number of β-amino-alcohol motifs (C(OH)–C–C–N with tert-alkyl or cyclic N) is 1. The van der Waals surface area contributed by atoms with Gasteiger partial charge in [0.15, 0.2) is 0 Å². The molecule has 7 unspecified atom stereocenters. The van der Waals surface area contributed by atoms with E-state index in [4.69, 9.17) is 0 Å². The molecule has 3 aliphatic heterocycles. The number of hydrogen-bond donors (Lipinski definition) is 5. The van der Waals surface area contributed by atoms with Crippen LogP contribution in [0.3, 0.4) is 0 Å². The monoisotopic (exact) mass is 488 g/mol. The summed E-state index contributed by atoms with van der Waals surface area (Å²) < 4.78 is 0. The average Bonchev–Trinajstić information content (AvgIpc) is 3.22. The number of nitrogens with one attached hydrogen (secondary N) is 4. The van der Waals surface area contributed by atoms with Crippen molar-refractivity contribution in [2.45, 2.75) is 102 Å². The zero-order valence-corrected chi connectivity index (χ0v) is 22.4. The molecule has 0 aromatic rings. The van der Waals surface area contributed by atoms with E-state index in [1.165, 1.54) is 71.1 Å². The standard InChI is InChI=1S/C28H52N6O/c1-20(2)33-13-15-34(16-14-33)23-10-8-22(9-11-23)31-28-30-18-21-17-25-24(27(21)32-28)7-5-3-4-6-12-29-19-26(25)35/h10,20-22,24-32,35H,3-9,11-19H2,1-2H3. The second-order valence-corrected chi connectivity index (χ2v) is 12.3. The fraction of sp³-hybridized carbons (Fsp3) is 0.929. The third-order valence-electron chi connectivity index (χ3n) is 9.77. The molecule has 0 aromatic heterocycles. The van der Waals surface area contributed by atoms with Gasteiger partial charge in [0.1, 0.15) is 6.29 Å². The summed E-state index contributed by atoms with van der Waals surface area (Å²) in [6.07, 6.45) is 13.7. The quantitative estimate of drug-likeness (QED) is 0.415. The number of fused-ring (bicyclic) bond motifs is 3. The largest absolute Gasteiger partial charge is 0.392 e. The number of allylic oxidation sites excluding steroid dienone is 1. The van der Waals surface area contributed by atoms with E-state index in [1.807, 2.05) is 0 Å². The van der Waals surface area contributed by atoms with Crippen LogP contribution in [0, 0.1) is 17.8 Å². The van der Waals surface area contributed by atoms with Gasteiger partial charge < -0.3 is 15.3 Å². The number of aliphatic hydroxyl groups excluding tert-OH is 1. The van der Waals surface area contributed by atoms with E-state index >= 15 is 0 Å². The fourth-order valence-corrected chi connectivity index (χ4v) is 7.63. The Hall–Kier alpha value is -0.700. The molecule has 7 nitrogen and oxygen atoms in total. The summed E-state index contributed by atoms with van der Waals surface area (Å²) in [5.74, 6) is 1.67. The summed E-state index contributed by atoms with van der Waals surface area (Å²) in [5.41, 5.74) is 1.58. The van der Waals surface area contributed by atoms with E-state index in [0.29, 0.717) is 35.9 Å². The SMILES string of the molecule is CC(C)N1CCN(C2=CCC(NC3NCC4CC5C(O)CNCCCCCCC5C4N3)CC2)CC1. The van der Waals surface area contributed by atoms with E-state index in [0.717, 1.165) is 32.5 Å². The molecule has 35 heavy (non-hydrogen) atoms. The Morgan fingerprint density at radius 1 is 1.00 bits per heavy atom. The average molecular weight is 489 g/mol. The summed E-state index contributed by atoms with van der Waals surface area (Å²) in [5, 5.41) is 26.2. The van der Waals surface area contributed by atoms with E-state index in [-0.39, 0.29) is 12.4 Å². The maximum absolute atomic E-state index is 11.0. The van der Waals surface area contributed by atoms with Crippen LogP contribution in [0.5, 0.6) is 0 Å². The van der Waals surface area contributed by atoms with Gasteiger partial charge in [-0.3, -0.25) is 20.9 Å². The molecule has 1 saturated carbocycles. The van der Waals surface area contributed by atoms with Gasteiger partial charge >= 0.3 is 0 Å². The van der Waals surface area contributed by atoms with Crippen molar-refractivity contribution in [3.05, 3.63) is 11.8 Å². The van der Waals surface area contributed by atoms with Crippen LogP contribution in [0.4, 0.5) is 0 Å². The third-order valence-corrected chi connectivity index (χ3v) is 9.77. The molecule has 200 valence electrons. The summed E-state index contributed by atoms with van der Waals surface area (Å²) >= 11 is 0. The van der Waals surface area contributed by atoms with Crippen molar-refractivity contribution in [1.29, 1.82) is 0 Å². The van der Waals surface area contributed by atoms with Crippen LogP contribution in [0.15, 0.2) is 11.8 Å². The van der Waals surface area contributed by atoms with E-state index < -0.39 is 0 Å². The van der Waals surface area contributed by atoms with Gasteiger partial charge in [0.25, 0.3) is 0 Å². The highest BCUT2D eigenvalue weighted by atomic mass is 16.3. The van der Waals surface area contributed by atoms with Crippen LogP contribution in [-0.2, 0) is 0 Å². The number of rotatable bonds is 4. The highest BCUT2D eigenvalue weighted by molar-refractivity contribution is 5.09. The summed E-state index contributed by atoms with van der Waals surface area (Å²) in [6.45, 7) is 12.3. The smallest absolute Gasteiger partial charge is 0.112 e. The highest BCUT2D eigenvalue weighted by Gasteiger charge is 2.47. The number of hydrogen-bond acceptors (Lipinski definition) is 7. The molecule has 5 N–H and O–H groups in total. The molecule has 5 rings (SSSR count). The molecule has 0 amide bonds. The Morgan fingerprint density at radius 3 is 2.60 bits per heavy atom. The lowest BCUT2D eigenvalue weighted by atomic mass is 9.84. The molecule has 0 bridgehead atoms.